The molecule has 0 radical (unpaired) electrons. The number of nitrogens with one attached hydrogen (secondary N) is 1. The minimum absolute atomic E-state index is 0.213. The van der Waals surface area contributed by atoms with E-state index in [4.69, 9.17) is 5.10 Å². The van der Waals surface area contributed by atoms with Crippen molar-refractivity contribution in [3.05, 3.63) is 30.0 Å². The zero-order valence-corrected chi connectivity index (χ0v) is 13.6. The van der Waals surface area contributed by atoms with Crippen molar-refractivity contribution >= 4 is 10.9 Å². The number of piperazine rings is 1. The van der Waals surface area contributed by atoms with Crippen LogP contribution in [0.25, 0.3) is 10.9 Å². The molecule has 0 amide bonds. The summed E-state index contributed by atoms with van der Waals surface area (Å²) < 4.78 is 2.00. The third kappa shape index (κ3) is 2.58. The largest absolute Gasteiger partial charge is 0.311 e. The second-order valence-electron chi connectivity index (χ2n) is 6.60. The second-order valence-corrected chi connectivity index (χ2v) is 6.60. The van der Waals surface area contributed by atoms with Gasteiger partial charge in [-0.3, -0.25) is 9.58 Å². The summed E-state index contributed by atoms with van der Waals surface area (Å²) in [4.78, 5) is 2.60. The van der Waals surface area contributed by atoms with Gasteiger partial charge in [-0.2, -0.15) is 5.10 Å². The van der Waals surface area contributed by atoms with Gasteiger partial charge in [-0.25, -0.2) is 0 Å². The molecule has 2 atom stereocenters. The summed E-state index contributed by atoms with van der Waals surface area (Å²) in [5, 5.41) is 9.66. The van der Waals surface area contributed by atoms with E-state index in [1.54, 1.807) is 0 Å². The van der Waals surface area contributed by atoms with Gasteiger partial charge in [-0.15, -0.1) is 0 Å². The Bertz CT molecular complexity index is 633. The fourth-order valence-corrected chi connectivity index (χ4v) is 3.31. The van der Waals surface area contributed by atoms with Gasteiger partial charge in [-0.1, -0.05) is 25.1 Å². The first-order chi connectivity index (χ1) is 10.0. The van der Waals surface area contributed by atoms with Crippen LogP contribution in [0.15, 0.2) is 24.3 Å². The maximum atomic E-state index is 4.76. The predicted octanol–water partition coefficient (Wildman–Crippen LogP) is 2.54. The van der Waals surface area contributed by atoms with Gasteiger partial charge in [-0.05, 0) is 26.3 Å². The minimum Gasteiger partial charge on any atom is -0.311 e. The standard InChI is InChI=1S/C17H26N4/c1-5-17(3)12-18-13(2)10-21(17)11-15-14-8-6-7-9-16(14)20(4)19-15/h6-9,13,18H,5,10-12H2,1-4H3. The number of aryl methyl sites for hydroxylation is 1. The average molecular weight is 286 g/mol. The van der Waals surface area contributed by atoms with E-state index in [-0.39, 0.29) is 5.54 Å². The molecule has 3 rings (SSSR count). The Kier molecular flexibility index (Phi) is 3.76. The van der Waals surface area contributed by atoms with E-state index in [1.165, 1.54) is 16.6 Å². The van der Waals surface area contributed by atoms with Gasteiger partial charge in [0.25, 0.3) is 0 Å². The van der Waals surface area contributed by atoms with E-state index in [0.29, 0.717) is 6.04 Å². The molecule has 0 spiro atoms. The van der Waals surface area contributed by atoms with Gasteiger partial charge in [0, 0.05) is 43.6 Å². The SMILES string of the molecule is CCC1(C)CNC(C)CN1Cc1nn(C)c2ccccc12. The smallest absolute Gasteiger partial charge is 0.0843 e. The van der Waals surface area contributed by atoms with Crippen LogP contribution in [0.3, 0.4) is 0 Å². The maximum absolute atomic E-state index is 4.76. The topological polar surface area (TPSA) is 33.1 Å². The molecule has 0 bridgehead atoms. The summed E-state index contributed by atoms with van der Waals surface area (Å²) >= 11 is 0. The van der Waals surface area contributed by atoms with Crippen LogP contribution in [0, 0.1) is 0 Å². The van der Waals surface area contributed by atoms with Gasteiger partial charge in [0.1, 0.15) is 0 Å². The van der Waals surface area contributed by atoms with E-state index in [9.17, 15) is 0 Å². The quantitative estimate of drug-likeness (QED) is 0.941. The highest BCUT2D eigenvalue weighted by Crippen LogP contribution is 2.27. The summed E-state index contributed by atoms with van der Waals surface area (Å²) in [6.07, 6.45) is 1.15. The number of aromatic nitrogens is 2. The van der Waals surface area contributed by atoms with Gasteiger partial charge in [0.15, 0.2) is 0 Å². The molecule has 4 heteroatoms. The van der Waals surface area contributed by atoms with Crippen LogP contribution < -0.4 is 5.32 Å². The van der Waals surface area contributed by atoms with Crippen LogP contribution >= 0.6 is 0 Å². The van der Waals surface area contributed by atoms with Crippen molar-refractivity contribution < 1.29 is 0 Å². The van der Waals surface area contributed by atoms with Crippen molar-refractivity contribution in [1.82, 2.24) is 20.0 Å². The Labute approximate surface area is 127 Å². The Hall–Kier alpha value is -1.39. The Balaban J connectivity index is 1.93. The highest BCUT2D eigenvalue weighted by Gasteiger charge is 2.35. The van der Waals surface area contributed by atoms with Crippen molar-refractivity contribution in [2.75, 3.05) is 13.1 Å². The third-order valence-electron chi connectivity index (χ3n) is 5.03. The molecule has 114 valence electrons. The first-order valence-corrected chi connectivity index (χ1v) is 7.92. The van der Waals surface area contributed by atoms with Crippen LogP contribution in [0.2, 0.25) is 0 Å². The highest BCUT2D eigenvalue weighted by molar-refractivity contribution is 5.81. The number of rotatable bonds is 3. The summed E-state index contributed by atoms with van der Waals surface area (Å²) in [6.45, 7) is 9.96. The van der Waals surface area contributed by atoms with E-state index >= 15 is 0 Å². The number of benzene rings is 1. The second kappa shape index (κ2) is 5.43. The molecule has 1 aliphatic heterocycles. The first kappa shape index (κ1) is 14.5. The Morgan fingerprint density at radius 1 is 1.38 bits per heavy atom. The lowest BCUT2D eigenvalue weighted by molar-refractivity contribution is 0.0444. The minimum atomic E-state index is 0.213. The predicted molar refractivity (Wildman–Crippen MR) is 87.3 cm³/mol. The highest BCUT2D eigenvalue weighted by atomic mass is 15.3. The van der Waals surface area contributed by atoms with Crippen LogP contribution in [0.5, 0.6) is 0 Å². The van der Waals surface area contributed by atoms with Gasteiger partial charge in [0.05, 0.1) is 11.2 Å². The molecule has 1 aromatic heterocycles. The molecule has 1 aromatic carbocycles. The van der Waals surface area contributed by atoms with E-state index in [1.807, 2.05) is 11.7 Å². The van der Waals surface area contributed by atoms with Gasteiger partial charge in [0.2, 0.25) is 0 Å². The Morgan fingerprint density at radius 3 is 2.90 bits per heavy atom. The van der Waals surface area contributed by atoms with Crippen LogP contribution in [-0.4, -0.2) is 39.4 Å². The number of hydrogen-bond acceptors (Lipinski definition) is 3. The van der Waals surface area contributed by atoms with Crippen molar-refractivity contribution in [1.29, 1.82) is 0 Å². The van der Waals surface area contributed by atoms with E-state index < -0.39 is 0 Å². The molecule has 21 heavy (non-hydrogen) atoms. The van der Waals surface area contributed by atoms with Gasteiger partial charge < -0.3 is 5.32 Å². The molecule has 0 aliphatic carbocycles. The van der Waals surface area contributed by atoms with Gasteiger partial charge >= 0.3 is 0 Å². The van der Waals surface area contributed by atoms with Crippen molar-refractivity contribution in [3.63, 3.8) is 0 Å². The lowest BCUT2D eigenvalue weighted by Gasteiger charge is -2.47. The molecular formula is C17H26N4. The fourth-order valence-electron chi connectivity index (χ4n) is 3.31. The monoisotopic (exact) mass is 286 g/mol. The van der Waals surface area contributed by atoms with Crippen molar-refractivity contribution in [3.8, 4) is 0 Å². The zero-order valence-electron chi connectivity index (χ0n) is 13.6. The fraction of sp³-hybridized carbons (Fsp3) is 0.588. The number of para-hydroxylation sites is 1. The van der Waals surface area contributed by atoms with Crippen molar-refractivity contribution in [2.45, 2.75) is 45.3 Å². The molecule has 2 heterocycles. The summed E-state index contributed by atoms with van der Waals surface area (Å²) in [6, 6.07) is 9.06. The third-order valence-corrected chi connectivity index (χ3v) is 5.03. The molecule has 1 aliphatic rings. The molecule has 2 aromatic rings. The molecule has 4 nitrogen and oxygen atoms in total. The van der Waals surface area contributed by atoms with Crippen LogP contribution in [-0.2, 0) is 13.6 Å². The number of nitrogens with zero attached hydrogens (tertiary/aromatic N) is 3. The maximum Gasteiger partial charge on any atom is 0.0843 e. The molecular weight excluding hydrogens is 260 g/mol. The normalized spacial score (nSPS) is 27.3. The van der Waals surface area contributed by atoms with E-state index in [0.717, 1.165) is 26.1 Å². The zero-order chi connectivity index (χ0) is 15.0. The Morgan fingerprint density at radius 2 is 2.14 bits per heavy atom. The lowest BCUT2D eigenvalue weighted by atomic mass is 9.92. The average Bonchev–Trinajstić information content (AvgIpc) is 2.80. The molecule has 1 N–H and O–H groups in total. The summed E-state index contributed by atoms with van der Waals surface area (Å²) in [5.41, 5.74) is 2.63. The molecule has 1 saturated heterocycles. The molecule has 0 saturated carbocycles. The summed E-state index contributed by atoms with van der Waals surface area (Å²) in [5.74, 6) is 0. The molecule has 2 unspecified atom stereocenters. The number of hydrogen-bond donors (Lipinski definition) is 1. The van der Waals surface area contributed by atoms with Crippen LogP contribution in [0.4, 0.5) is 0 Å². The first-order valence-electron chi connectivity index (χ1n) is 7.92. The molecule has 1 fully saturated rings. The van der Waals surface area contributed by atoms with Crippen molar-refractivity contribution in [2.24, 2.45) is 7.05 Å². The van der Waals surface area contributed by atoms with Crippen LogP contribution in [0.1, 0.15) is 32.9 Å². The van der Waals surface area contributed by atoms with E-state index in [2.05, 4.69) is 55.3 Å². The lowest BCUT2D eigenvalue weighted by Crippen LogP contribution is -2.61. The number of fused-ring (bicyclic) bond motifs is 1. The summed E-state index contributed by atoms with van der Waals surface area (Å²) in [7, 11) is 2.03.